The zero-order valence-corrected chi connectivity index (χ0v) is 13.2. The Morgan fingerprint density at radius 2 is 2.32 bits per heavy atom. The maximum atomic E-state index is 5.76. The van der Waals surface area contributed by atoms with E-state index in [0.29, 0.717) is 18.5 Å². The molecule has 0 bridgehead atoms. The highest BCUT2D eigenvalue weighted by atomic mass is 127. The summed E-state index contributed by atoms with van der Waals surface area (Å²) in [6, 6.07) is 0.495. The minimum atomic E-state index is 0. The van der Waals surface area contributed by atoms with Gasteiger partial charge in [-0.3, -0.25) is 0 Å². The predicted molar refractivity (Wildman–Crippen MR) is 83.8 cm³/mol. The molecular weight excluding hydrogens is 359 g/mol. The van der Waals surface area contributed by atoms with Crippen LogP contribution in [0, 0.1) is 0 Å². The topological polar surface area (TPSA) is 64.5 Å². The Bertz CT molecular complexity index is 410. The highest BCUT2D eigenvalue weighted by Crippen LogP contribution is 2.15. The average molecular weight is 378 g/mol. The molecule has 0 aromatic heterocycles. The van der Waals surface area contributed by atoms with Crippen LogP contribution in [0.2, 0.25) is 0 Å². The van der Waals surface area contributed by atoms with E-state index in [4.69, 9.17) is 4.74 Å². The molecule has 0 aliphatic carbocycles. The van der Waals surface area contributed by atoms with E-state index in [1.165, 1.54) is 19.3 Å². The number of likely N-dealkylation sites (N-methyl/N-ethyl adjacent to an activating group) is 1. The Morgan fingerprint density at radius 1 is 1.42 bits per heavy atom. The molecule has 1 saturated heterocycles. The highest BCUT2D eigenvalue weighted by molar-refractivity contribution is 14.0. The second-order valence-corrected chi connectivity index (χ2v) is 4.72. The van der Waals surface area contributed by atoms with Crippen LogP contribution in [-0.2, 0) is 4.74 Å². The third-order valence-electron chi connectivity index (χ3n) is 3.46. The van der Waals surface area contributed by atoms with Crippen molar-refractivity contribution in [1.82, 2.24) is 21.1 Å². The normalized spacial score (nSPS) is 25.9. The van der Waals surface area contributed by atoms with E-state index in [1.807, 2.05) is 12.2 Å². The summed E-state index contributed by atoms with van der Waals surface area (Å²) in [5, 5.41) is 9.80. The molecule has 0 amide bonds. The van der Waals surface area contributed by atoms with E-state index in [2.05, 4.69) is 33.2 Å². The van der Waals surface area contributed by atoms with Crippen molar-refractivity contribution < 1.29 is 4.74 Å². The van der Waals surface area contributed by atoms with Crippen LogP contribution in [0.1, 0.15) is 19.3 Å². The molecular formula is C11H19IN6O. The molecule has 106 valence electrons. The monoisotopic (exact) mass is 378 g/mol. The molecule has 7 nitrogen and oxygen atoms in total. The molecule has 0 saturated carbocycles. The summed E-state index contributed by atoms with van der Waals surface area (Å²) in [5.41, 5.74) is 5.42. The molecule has 0 spiro atoms. The Morgan fingerprint density at radius 3 is 3.16 bits per heavy atom. The minimum Gasteiger partial charge on any atom is -0.475 e. The summed E-state index contributed by atoms with van der Waals surface area (Å²) in [6.45, 7) is 1.85. The van der Waals surface area contributed by atoms with E-state index >= 15 is 0 Å². The van der Waals surface area contributed by atoms with Gasteiger partial charge < -0.3 is 9.64 Å². The number of amidine groups is 1. The lowest BCUT2D eigenvalue weighted by atomic mass is 10.0. The third-order valence-corrected chi connectivity index (χ3v) is 3.46. The molecule has 1 fully saturated rings. The van der Waals surface area contributed by atoms with Gasteiger partial charge in [0.2, 0.25) is 5.90 Å². The fourth-order valence-corrected chi connectivity index (χ4v) is 2.31. The van der Waals surface area contributed by atoms with Crippen molar-refractivity contribution in [2.75, 3.05) is 20.2 Å². The number of ether oxygens (including phenoxy) is 1. The summed E-state index contributed by atoms with van der Waals surface area (Å²) >= 11 is 0. The zero-order valence-electron chi connectivity index (χ0n) is 10.9. The summed E-state index contributed by atoms with van der Waals surface area (Å²) in [7, 11) is 2.16. The van der Waals surface area contributed by atoms with Crippen molar-refractivity contribution in [3.05, 3.63) is 12.2 Å². The van der Waals surface area contributed by atoms with Gasteiger partial charge in [-0.25, -0.2) is 5.53 Å². The SMILES string of the molecule is CN1CCCCC1COC1=NN2NNN=C2C=C1.I. The number of hydrazine groups is 2. The standard InChI is InChI=1S/C11H18N6O.HI/c1-16-7-3-2-4-9(16)8-18-11-6-5-10-12-14-15-17(10)13-11;/h5-6,9,14-15H,2-4,7-8H2,1H3;1H. The number of hydrogen-bond acceptors (Lipinski definition) is 7. The molecule has 8 heteroatoms. The molecule has 0 aromatic carbocycles. The molecule has 19 heavy (non-hydrogen) atoms. The number of likely N-dealkylation sites (tertiary alicyclic amines) is 1. The Balaban J connectivity index is 0.00000133. The van der Waals surface area contributed by atoms with Crippen LogP contribution in [0.25, 0.3) is 0 Å². The summed E-state index contributed by atoms with van der Waals surface area (Å²) in [5.74, 6) is 1.35. The molecule has 1 unspecified atom stereocenters. The maximum absolute atomic E-state index is 5.76. The first-order valence-corrected chi connectivity index (χ1v) is 6.31. The van der Waals surface area contributed by atoms with Crippen LogP contribution in [0.3, 0.4) is 0 Å². The largest absolute Gasteiger partial charge is 0.475 e. The molecule has 3 heterocycles. The van der Waals surface area contributed by atoms with Gasteiger partial charge >= 0.3 is 0 Å². The highest BCUT2D eigenvalue weighted by Gasteiger charge is 2.22. The Hall–Kier alpha value is -0.870. The fraction of sp³-hybridized carbons (Fsp3) is 0.636. The van der Waals surface area contributed by atoms with E-state index < -0.39 is 0 Å². The van der Waals surface area contributed by atoms with E-state index in [0.717, 1.165) is 12.4 Å². The molecule has 3 rings (SSSR count). The first-order valence-electron chi connectivity index (χ1n) is 6.31. The van der Waals surface area contributed by atoms with Crippen molar-refractivity contribution in [1.29, 1.82) is 0 Å². The zero-order chi connectivity index (χ0) is 12.4. The van der Waals surface area contributed by atoms with Crippen molar-refractivity contribution >= 4 is 35.7 Å². The first kappa shape index (κ1) is 14.5. The van der Waals surface area contributed by atoms with Gasteiger partial charge in [0.1, 0.15) is 6.61 Å². The lowest BCUT2D eigenvalue weighted by Crippen LogP contribution is -2.41. The summed E-state index contributed by atoms with van der Waals surface area (Å²) in [4.78, 5) is 2.36. The molecule has 3 aliphatic heterocycles. The van der Waals surface area contributed by atoms with Crippen LogP contribution >= 0.6 is 24.0 Å². The second kappa shape index (κ2) is 6.53. The molecule has 1 atom stereocenters. The van der Waals surface area contributed by atoms with E-state index in [9.17, 15) is 0 Å². The summed E-state index contributed by atoms with van der Waals surface area (Å²) in [6.07, 6.45) is 7.47. The fourth-order valence-electron chi connectivity index (χ4n) is 2.31. The predicted octanol–water partition coefficient (Wildman–Crippen LogP) is 0.627. The number of nitrogens with one attached hydrogen (secondary N) is 2. The number of fused-ring (bicyclic) bond motifs is 1. The van der Waals surface area contributed by atoms with Crippen LogP contribution in [0.15, 0.2) is 22.4 Å². The van der Waals surface area contributed by atoms with Crippen molar-refractivity contribution in [3.63, 3.8) is 0 Å². The third kappa shape index (κ3) is 3.37. The Labute approximate surface area is 129 Å². The van der Waals surface area contributed by atoms with Gasteiger partial charge in [0, 0.05) is 12.1 Å². The Kier molecular flexibility index (Phi) is 4.99. The van der Waals surface area contributed by atoms with Gasteiger partial charge in [-0.05, 0) is 32.5 Å². The van der Waals surface area contributed by atoms with Gasteiger partial charge in [-0.15, -0.1) is 39.7 Å². The summed E-state index contributed by atoms with van der Waals surface area (Å²) < 4.78 is 5.76. The number of halogens is 1. The minimum absolute atomic E-state index is 0. The number of piperidine rings is 1. The second-order valence-electron chi connectivity index (χ2n) is 4.72. The smallest absolute Gasteiger partial charge is 0.233 e. The van der Waals surface area contributed by atoms with Gasteiger partial charge in [-0.2, -0.15) is 5.12 Å². The lowest BCUT2D eigenvalue weighted by Gasteiger charge is -2.32. The van der Waals surface area contributed by atoms with Crippen LogP contribution in [0.4, 0.5) is 0 Å². The average Bonchev–Trinajstić information content (AvgIpc) is 2.85. The number of rotatable bonds is 2. The van der Waals surface area contributed by atoms with Crippen molar-refractivity contribution in [2.45, 2.75) is 25.3 Å². The molecule has 0 radical (unpaired) electrons. The molecule has 0 aromatic rings. The maximum Gasteiger partial charge on any atom is 0.233 e. The number of nitrogens with zero attached hydrogens (tertiary/aromatic N) is 4. The molecule has 2 N–H and O–H groups in total. The van der Waals surface area contributed by atoms with Crippen LogP contribution in [0.5, 0.6) is 0 Å². The van der Waals surface area contributed by atoms with E-state index in [-0.39, 0.29) is 24.0 Å². The van der Waals surface area contributed by atoms with Crippen LogP contribution in [-0.4, -0.2) is 48.0 Å². The first-order chi connectivity index (χ1) is 8.83. The van der Waals surface area contributed by atoms with Gasteiger partial charge in [-0.1, -0.05) is 6.42 Å². The van der Waals surface area contributed by atoms with Crippen molar-refractivity contribution in [2.24, 2.45) is 10.2 Å². The van der Waals surface area contributed by atoms with E-state index in [1.54, 1.807) is 5.12 Å². The number of hydrazone groups is 2. The van der Waals surface area contributed by atoms with Gasteiger partial charge in [0.25, 0.3) is 0 Å². The number of hydrogen-bond donors (Lipinski definition) is 2. The van der Waals surface area contributed by atoms with Gasteiger partial charge in [0.15, 0.2) is 5.84 Å². The van der Waals surface area contributed by atoms with Crippen LogP contribution < -0.4 is 11.1 Å². The van der Waals surface area contributed by atoms with Crippen molar-refractivity contribution in [3.8, 4) is 0 Å². The quantitative estimate of drug-likeness (QED) is 0.691. The lowest BCUT2D eigenvalue weighted by molar-refractivity contribution is 0.118. The molecule has 3 aliphatic rings. The van der Waals surface area contributed by atoms with Gasteiger partial charge in [0.05, 0.1) is 0 Å².